The number of carboxylic acid groups (broad SMARTS) is 1. The Kier molecular flexibility index (Phi) is 5.08. The van der Waals surface area contributed by atoms with Crippen LogP contribution in [0.5, 0.6) is 0 Å². The van der Waals surface area contributed by atoms with Crippen LogP contribution < -0.4 is 0 Å². The molecular weight excluding hydrogens is 384 g/mol. The molecule has 23 heavy (non-hydrogen) atoms. The van der Waals surface area contributed by atoms with Crippen LogP contribution in [0.1, 0.15) is 27.2 Å². The molecule has 6 nitrogen and oxygen atoms in total. The molecule has 0 spiro atoms. The van der Waals surface area contributed by atoms with Crippen molar-refractivity contribution in [2.24, 2.45) is 0 Å². The van der Waals surface area contributed by atoms with Gasteiger partial charge >= 0.3 is 6.09 Å². The molecule has 128 valence electrons. The van der Waals surface area contributed by atoms with Crippen molar-refractivity contribution < 1.29 is 18.3 Å². The fourth-order valence-corrected chi connectivity index (χ4v) is 5.38. The van der Waals surface area contributed by atoms with Crippen LogP contribution in [0, 0.1) is 0 Å². The summed E-state index contributed by atoms with van der Waals surface area (Å²) in [4.78, 5) is 13.1. The molecule has 1 aliphatic heterocycles. The smallest absolute Gasteiger partial charge is 0.408 e. The summed E-state index contributed by atoms with van der Waals surface area (Å²) in [6.45, 7) is 5.92. The van der Waals surface area contributed by atoms with Crippen LogP contribution >= 0.6 is 15.9 Å². The lowest BCUT2D eigenvalue weighted by atomic mass is 10.0. The van der Waals surface area contributed by atoms with Gasteiger partial charge in [-0.05, 0) is 55.3 Å². The highest BCUT2D eigenvalue weighted by molar-refractivity contribution is 9.10. The van der Waals surface area contributed by atoms with Gasteiger partial charge in [-0.3, -0.25) is 4.90 Å². The first-order valence-electron chi connectivity index (χ1n) is 7.32. The van der Waals surface area contributed by atoms with Crippen LogP contribution in [-0.2, 0) is 10.0 Å². The van der Waals surface area contributed by atoms with Crippen molar-refractivity contribution in [1.29, 1.82) is 0 Å². The number of sulfonamides is 1. The molecule has 1 fully saturated rings. The summed E-state index contributed by atoms with van der Waals surface area (Å²) >= 11 is 3.27. The molecule has 0 aromatic heterocycles. The van der Waals surface area contributed by atoms with E-state index < -0.39 is 21.7 Å². The minimum Gasteiger partial charge on any atom is -0.465 e. The monoisotopic (exact) mass is 404 g/mol. The first-order chi connectivity index (χ1) is 10.5. The molecule has 1 aliphatic rings. The third-order valence-corrected chi connectivity index (χ3v) is 6.75. The highest BCUT2D eigenvalue weighted by Crippen LogP contribution is 2.30. The molecule has 0 bridgehead atoms. The summed E-state index contributed by atoms with van der Waals surface area (Å²) in [5.74, 6) is 0. The molecule has 1 heterocycles. The highest BCUT2D eigenvalue weighted by atomic mass is 79.9. The lowest BCUT2D eigenvalue weighted by Crippen LogP contribution is -2.52. The SMILES string of the molecule is CC(C)(C)N(C(=O)O)[C@@H]1CCN(S(=O)(=O)c2ccccc2Br)C1. The number of benzene rings is 1. The van der Waals surface area contributed by atoms with Gasteiger partial charge in [0.15, 0.2) is 0 Å². The number of hydrogen-bond acceptors (Lipinski definition) is 3. The van der Waals surface area contributed by atoms with Gasteiger partial charge in [0.05, 0.1) is 10.9 Å². The molecule has 1 N–H and O–H groups in total. The zero-order valence-electron chi connectivity index (χ0n) is 13.4. The Morgan fingerprint density at radius 3 is 2.48 bits per heavy atom. The van der Waals surface area contributed by atoms with Crippen molar-refractivity contribution in [2.75, 3.05) is 13.1 Å². The van der Waals surface area contributed by atoms with Gasteiger partial charge in [0.1, 0.15) is 0 Å². The standard InChI is InChI=1S/C15H21BrN2O4S/c1-15(2,3)18(14(19)20)11-8-9-17(10-11)23(21,22)13-7-5-4-6-12(13)16/h4-7,11H,8-10H2,1-3H3,(H,19,20)/t11-/m1/s1. The van der Waals surface area contributed by atoms with Crippen molar-refractivity contribution in [1.82, 2.24) is 9.21 Å². The van der Waals surface area contributed by atoms with E-state index in [2.05, 4.69) is 15.9 Å². The summed E-state index contributed by atoms with van der Waals surface area (Å²) in [5, 5.41) is 9.47. The molecule has 8 heteroatoms. The highest BCUT2D eigenvalue weighted by Gasteiger charge is 2.41. The predicted octanol–water partition coefficient (Wildman–Crippen LogP) is 2.99. The van der Waals surface area contributed by atoms with Gasteiger partial charge in [0, 0.05) is 23.1 Å². The van der Waals surface area contributed by atoms with E-state index in [9.17, 15) is 18.3 Å². The molecule has 0 aliphatic carbocycles. The molecule has 1 aromatic rings. The zero-order valence-corrected chi connectivity index (χ0v) is 15.8. The lowest BCUT2D eigenvalue weighted by molar-refractivity contribution is 0.0742. The van der Waals surface area contributed by atoms with Crippen molar-refractivity contribution in [3.05, 3.63) is 28.7 Å². The maximum absolute atomic E-state index is 12.8. The summed E-state index contributed by atoms with van der Waals surface area (Å²) in [5.41, 5.74) is -0.580. The van der Waals surface area contributed by atoms with E-state index >= 15 is 0 Å². The molecule has 1 saturated heterocycles. The molecule has 0 unspecified atom stereocenters. The minimum atomic E-state index is -3.64. The van der Waals surface area contributed by atoms with Gasteiger partial charge in [-0.15, -0.1) is 0 Å². The van der Waals surface area contributed by atoms with E-state index in [4.69, 9.17) is 0 Å². The van der Waals surface area contributed by atoms with Crippen molar-refractivity contribution >= 4 is 32.0 Å². The molecule has 0 radical (unpaired) electrons. The largest absolute Gasteiger partial charge is 0.465 e. The first kappa shape index (κ1) is 18.2. The maximum Gasteiger partial charge on any atom is 0.408 e. The van der Waals surface area contributed by atoms with Gasteiger partial charge in [0.2, 0.25) is 10.0 Å². The van der Waals surface area contributed by atoms with Gasteiger partial charge in [0.25, 0.3) is 0 Å². The number of hydrogen-bond donors (Lipinski definition) is 1. The quantitative estimate of drug-likeness (QED) is 0.839. The first-order valence-corrected chi connectivity index (χ1v) is 9.55. The third kappa shape index (κ3) is 3.70. The van der Waals surface area contributed by atoms with Crippen LogP contribution in [0.2, 0.25) is 0 Å². The molecule has 0 saturated carbocycles. The van der Waals surface area contributed by atoms with Crippen LogP contribution in [0.25, 0.3) is 0 Å². The zero-order chi connectivity index (χ0) is 17.4. The third-order valence-electron chi connectivity index (χ3n) is 3.87. The molecule has 1 amide bonds. The average molecular weight is 405 g/mol. The Morgan fingerprint density at radius 1 is 1.35 bits per heavy atom. The number of nitrogens with zero attached hydrogens (tertiary/aromatic N) is 2. The predicted molar refractivity (Wildman–Crippen MR) is 90.9 cm³/mol. The number of halogens is 1. The molecular formula is C15H21BrN2O4S. The second-order valence-corrected chi connectivity index (χ2v) is 9.32. The number of rotatable bonds is 3. The van der Waals surface area contributed by atoms with E-state index in [-0.39, 0.29) is 17.5 Å². The topological polar surface area (TPSA) is 77.9 Å². The van der Waals surface area contributed by atoms with Gasteiger partial charge in [-0.2, -0.15) is 4.31 Å². The fourth-order valence-electron chi connectivity index (χ4n) is 2.92. The van der Waals surface area contributed by atoms with Crippen molar-refractivity contribution in [3.63, 3.8) is 0 Å². The molecule has 2 rings (SSSR count). The maximum atomic E-state index is 12.8. The van der Waals surface area contributed by atoms with Gasteiger partial charge < -0.3 is 5.11 Å². The Bertz CT molecular complexity index is 700. The van der Waals surface area contributed by atoms with E-state index in [0.29, 0.717) is 17.4 Å². The van der Waals surface area contributed by atoms with Crippen LogP contribution in [-0.4, -0.2) is 53.5 Å². The van der Waals surface area contributed by atoms with Gasteiger partial charge in [-0.1, -0.05) is 12.1 Å². The van der Waals surface area contributed by atoms with E-state index in [1.807, 2.05) is 20.8 Å². The Balaban J connectivity index is 2.26. The summed E-state index contributed by atoms with van der Waals surface area (Å²) < 4.78 is 27.4. The van der Waals surface area contributed by atoms with E-state index in [1.54, 1.807) is 24.3 Å². The summed E-state index contributed by atoms with van der Waals surface area (Å²) in [6, 6.07) is 6.31. The average Bonchev–Trinajstić information content (AvgIpc) is 2.86. The second kappa shape index (κ2) is 6.41. The number of carbonyl (C=O) groups is 1. The van der Waals surface area contributed by atoms with E-state index in [1.165, 1.54) is 9.21 Å². The second-order valence-electron chi connectivity index (χ2n) is 6.56. The Morgan fingerprint density at radius 2 is 1.96 bits per heavy atom. The summed E-state index contributed by atoms with van der Waals surface area (Å²) in [7, 11) is -3.64. The van der Waals surface area contributed by atoms with Crippen molar-refractivity contribution in [3.8, 4) is 0 Å². The number of amides is 1. The minimum absolute atomic E-state index is 0.174. The Hall–Kier alpha value is -1.12. The molecule has 1 atom stereocenters. The Labute approximate surface area is 145 Å². The summed E-state index contributed by atoms with van der Waals surface area (Å²) in [6.07, 6.45) is -0.532. The van der Waals surface area contributed by atoms with Crippen LogP contribution in [0.4, 0.5) is 4.79 Å². The van der Waals surface area contributed by atoms with Gasteiger partial charge in [-0.25, -0.2) is 13.2 Å². The normalized spacial score (nSPS) is 19.7. The van der Waals surface area contributed by atoms with Crippen molar-refractivity contribution in [2.45, 2.75) is 43.7 Å². The van der Waals surface area contributed by atoms with E-state index in [0.717, 1.165) is 0 Å². The lowest BCUT2D eigenvalue weighted by Gasteiger charge is -2.37. The van der Waals surface area contributed by atoms with Crippen LogP contribution in [0.15, 0.2) is 33.6 Å². The fraction of sp³-hybridized carbons (Fsp3) is 0.533. The molecule has 1 aromatic carbocycles. The van der Waals surface area contributed by atoms with Crippen LogP contribution in [0.3, 0.4) is 0 Å².